The van der Waals surface area contributed by atoms with Gasteiger partial charge in [-0.2, -0.15) is 0 Å². The summed E-state index contributed by atoms with van der Waals surface area (Å²) >= 11 is 0. The van der Waals surface area contributed by atoms with Crippen LogP contribution < -0.4 is 10.1 Å². The van der Waals surface area contributed by atoms with E-state index in [1.165, 1.54) is 19.3 Å². The van der Waals surface area contributed by atoms with Crippen LogP contribution in [0.25, 0.3) is 0 Å². The molecule has 4 heteroatoms. The Bertz CT molecular complexity index is 442. The number of hydrogen-bond donors (Lipinski definition) is 1. The molecule has 0 saturated carbocycles. The van der Waals surface area contributed by atoms with Crippen LogP contribution in [0.5, 0.6) is 5.75 Å². The van der Waals surface area contributed by atoms with Crippen molar-refractivity contribution in [2.75, 3.05) is 31.6 Å². The van der Waals surface area contributed by atoms with Gasteiger partial charge < -0.3 is 10.1 Å². The number of likely N-dealkylation sites (tertiary alicyclic amines) is 1. The van der Waals surface area contributed by atoms with Crippen LogP contribution in [0.2, 0.25) is 0 Å². The highest BCUT2D eigenvalue weighted by Crippen LogP contribution is 2.24. The molecule has 0 aromatic heterocycles. The first kappa shape index (κ1) is 15.8. The lowest BCUT2D eigenvalue weighted by Crippen LogP contribution is -2.36. The molecule has 0 unspecified atom stereocenters. The van der Waals surface area contributed by atoms with Crippen molar-refractivity contribution in [1.82, 2.24) is 4.90 Å². The number of benzene rings is 1. The van der Waals surface area contributed by atoms with Gasteiger partial charge in [-0.15, -0.1) is 0 Å². The molecule has 4 nitrogen and oxygen atoms in total. The molecule has 1 amide bonds. The average molecular weight is 290 g/mol. The lowest BCUT2D eigenvalue weighted by atomic mass is 10.1. The third-order valence-electron chi connectivity index (χ3n) is 3.73. The Kier molecular flexibility index (Phi) is 6.54. The van der Waals surface area contributed by atoms with E-state index in [4.69, 9.17) is 4.74 Å². The van der Waals surface area contributed by atoms with Crippen LogP contribution in [0.3, 0.4) is 0 Å². The molecule has 1 aromatic carbocycles. The SMILES string of the molecule is CCCCOc1ccccc1NC(=O)CN1CCCCC1. The molecule has 0 spiro atoms. The highest BCUT2D eigenvalue weighted by Gasteiger charge is 2.14. The van der Waals surface area contributed by atoms with Crippen LogP contribution in [-0.2, 0) is 4.79 Å². The van der Waals surface area contributed by atoms with Gasteiger partial charge in [0.2, 0.25) is 5.91 Å². The second kappa shape index (κ2) is 8.67. The smallest absolute Gasteiger partial charge is 0.238 e. The molecule has 1 N–H and O–H groups in total. The third kappa shape index (κ3) is 5.38. The monoisotopic (exact) mass is 290 g/mol. The molecule has 0 bridgehead atoms. The molecule has 1 saturated heterocycles. The zero-order valence-electron chi connectivity index (χ0n) is 12.9. The second-order valence-electron chi connectivity index (χ2n) is 5.58. The van der Waals surface area contributed by atoms with E-state index in [1.807, 2.05) is 24.3 Å². The minimum Gasteiger partial charge on any atom is -0.491 e. The number of carbonyl (C=O) groups excluding carboxylic acids is 1. The fourth-order valence-electron chi connectivity index (χ4n) is 2.53. The number of anilines is 1. The standard InChI is InChI=1S/C17H26N2O2/c1-2-3-13-21-16-10-6-5-9-15(16)18-17(20)14-19-11-7-4-8-12-19/h5-6,9-10H,2-4,7-8,11-14H2,1H3,(H,18,20). The summed E-state index contributed by atoms with van der Waals surface area (Å²) in [7, 11) is 0. The molecule has 0 atom stereocenters. The number of nitrogens with one attached hydrogen (secondary N) is 1. The topological polar surface area (TPSA) is 41.6 Å². The maximum atomic E-state index is 12.2. The van der Waals surface area contributed by atoms with Gasteiger partial charge in [-0.1, -0.05) is 31.9 Å². The number of unbranched alkanes of at least 4 members (excludes halogenated alkanes) is 1. The highest BCUT2D eigenvalue weighted by atomic mass is 16.5. The summed E-state index contributed by atoms with van der Waals surface area (Å²) in [5.74, 6) is 0.807. The van der Waals surface area contributed by atoms with Gasteiger partial charge in [0.25, 0.3) is 0 Å². The van der Waals surface area contributed by atoms with Crippen molar-refractivity contribution in [3.63, 3.8) is 0 Å². The van der Waals surface area contributed by atoms with E-state index in [1.54, 1.807) is 0 Å². The van der Waals surface area contributed by atoms with Crippen molar-refractivity contribution in [1.29, 1.82) is 0 Å². The van der Waals surface area contributed by atoms with Gasteiger partial charge in [0.05, 0.1) is 18.8 Å². The third-order valence-corrected chi connectivity index (χ3v) is 3.73. The van der Waals surface area contributed by atoms with Crippen LogP contribution in [0.4, 0.5) is 5.69 Å². The molecular weight excluding hydrogens is 264 g/mol. The van der Waals surface area contributed by atoms with Gasteiger partial charge in [-0.05, 0) is 44.5 Å². The number of hydrogen-bond acceptors (Lipinski definition) is 3. The van der Waals surface area contributed by atoms with Gasteiger partial charge in [0, 0.05) is 0 Å². The number of rotatable bonds is 7. The summed E-state index contributed by atoms with van der Waals surface area (Å²) in [6, 6.07) is 7.66. The molecule has 0 radical (unpaired) electrons. The summed E-state index contributed by atoms with van der Waals surface area (Å²) in [5, 5.41) is 2.98. The Morgan fingerprint density at radius 2 is 2.00 bits per heavy atom. The predicted molar refractivity (Wildman–Crippen MR) is 85.8 cm³/mol. The van der Waals surface area contributed by atoms with E-state index < -0.39 is 0 Å². The van der Waals surface area contributed by atoms with Crippen LogP contribution >= 0.6 is 0 Å². The van der Waals surface area contributed by atoms with Crippen LogP contribution in [0.15, 0.2) is 24.3 Å². The number of piperidine rings is 1. The maximum absolute atomic E-state index is 12.2. The summed E-state index contributed by atoms with van der Waals surface area (Å²) < 4.78 is 5.74. The van der Waals surface area contributed by atoms with Crippen LogP contribution in [-0.4, -0.2) is 37.0 Å². The Balaban J connectivity index is 1.87. The Morgan fingerprint density at radius 3 is 2.76 bits per heavy atom. The van der Waals surface area contributed by atoms with E-state index in [0.717, 1.165) is 37.4 Å². The van der Waals surface area contributed by atoms with Crippen LogP contribution in [0, 0.1) is 0 Å². The molecular formula is C17H26N2O2. The average Bonchev–Trinajstić information content (AvgIpc) is 2.50. The second-order valence-corrected chi connectivity index (χ2v) is 5.58. The maximum Gasteiger partial charge on any atom is 0.238 e. The van der Waals surface area contributed by atoms with Gasteiger partial charge >= 0.3 is 0 Å². The Labute approximate surface area is 127 Å². The molecule has 1 aliphatic heterocycles. The number of ether oxygens (including phenoxy) is 1. The Hall–Kier alpha value is -1.55. The first-order chi connectivity index (χ1) is 10.3. The molecule has 1 aliphatic rings. The zero-order valence-corrected chi connectivity index (χ0v) is 12.9. The van der Waals surface area contributed by atoms with Crippen molar-refractivity contribution in [2.45, 2.75) is 39.0 Å². The number of nitrogens with zero attached hydrogens (tertiary/aromatic N) is 1. The lowest BCUT2D eigenvalue weighted by Gasteiger charge is -2.25. The molecule has 21 heavy (non-hydrogen) atoms. The zero-order chi connectivity index (χ0) is 14.9. The lowest BCUT2D eigenvalue weighted by molar-refractivity contribution is -0.117. The summed E-state index contributed by atoms with van der Waals surface area (Å²) in [6.07, 6.45) is 5.81. The first-order valence-corrected chi connectivity index (χ1v) is 8.03. The van der Waals surface area contributed by atoms with E-state index >= 15 is 0 Å². The largest absolute Gasteiger partial charge is 0.491 e. The fourth-order valence-corrected chi connectivity index (χ4v) is 2.53. The normalized spacial score (nSPS) is 15.7. The Morgan fingerprint density at radius 1 is 1.24 bits per heavy atom. The first-order valence-electron chi connectivity index (χ1n) is 8.03. The molecule has 0 aliphatic carbocycles. The number of amides is 1. The van der Waals surface area contributed by atoms with Crippen molar-refractivity contribution in [3.05, 3.63) is 24.3 Å². The highest BCUT2D eigenvalue weighted by molar-refractivity contribution is 5.93. The molecule has 116 valence electrons. The van der Waals surface area contributed by atoms with E-state index in [-0.39, 0.29) is 5.91 Å². The summed E-state index contributed by atoms with van der Waals surface area (Å²) in [5.41, 5.74) is 0.774. The molecule has 1 aromatic rings. The van der Waals surface area contributed by atoms with Gasteiger partial charge in [-0.25, -0.2) is 0 Å². The predicted octanol–water partition coefficient (Wildman–Crippen LogP) is 3.29. The number of para-hydroxylation sites is 2. The van der Waals surface area contributed by atoms with Gasteiger partial charge in [-0.3, -0.25) is 9.69 Å². The fraction of sp³-hybridized carbons (Fsp3) is 0.588. The van der Waals surface area contributed by atoms with Gasteiger partial charge in [0.1, 0.15) is 5.75 Å². The number of carbonyl (C=O) groups is 1. The van der Waals surface area contributed by atoms with Crippen molar-refractivity contribution >= 4 is 11.6 Å². The van der Waals surface area contributed by atoms with E-state index in [2.05, 4.69) is 17.1 Å². The van der Waals surface area contributed by atoms with E-state index in [9.17, 15) is 4.79 Å². The molecule has 1 fully saturated rings. The quantitative estimate of drug-likeness (QED) is 0.783. The molecule has 2 rings (SSSR count). The van der Waals surface area contributed by atoms with Crippen molar-refractivity contribution in [2.24, 2.45) is 0 Å². The minimum absolute atomic E-state index is 0.0449. The van der Waals surface area contributed by atoms with E-state index in [0.29, 0.717) is 13.2 Å². The van der Waals surface area contributed by atoms with Crippen molar-refractivity contribution in [3.8, 4) is 5.75 Å². The molecule has 1 heterocycles. The van der Waals surface area contributed by atoms with Gasteiger partial charge in [0.15, 0.2) is 0 Å². The summed E-state index contributed by atoms with van der Waals surface area (Å²) in [6.45, 7) is 5.36. The summed E-state index contributed by atoms with van der Waals surface area (Å²) in [4.78, 5) is 14.4. The van der Waals surface area contributed by atoms with Crippen molar-refractivity contribution < 1.29 is 9.53 Å². The van der Waals surface area contributed by atoms with Crippen LogP contribution in [0.1, 0.15) is 39.0 Å². The minimum atomic E-state index is 0.0449.